The van der Waals surface area contributed by atoms with Crippen molar-refractivity contribution in [2.75, 3.05) is 26.2 Å². The number of carbonyl (C=O) groups excluding carboxylic acids is 5. The van der Waals surface area contributed by atoms with Crippen molar-refractivity contribution in [1.29, 1.82) is 0 Å². The number of aryl methyl sites for hydroxylation is 1. The van der Waals surface area contributed by atoms with Gasteiger partial charge in [0.25, 0.3) is 5.89 Å². The SMILES string of the molecule is CC.CC.CC.CCCCNC(=O)OC(C)(C)C.CCc1ccccc1.O=C(NCC(=O)N1CCCC1C(=O)NCC(=O)c1nc2ccccc2o1)OCc1ccccc1.OCc1ccc(Cl)cc1. The highest BCUT2D eigenvalue weighted by Gasteiger charge is 2.34. The van der Waals surface area contributed by atoms with Crippen molar-refractivity contribution < 1.29 is 43.0 Å². The number of carbonyl (C=O) groups is 5. The zero-order valence-corrected chi connectivity index (χ0v) is 43.5. The number of unbranched alkanes of at least 4 members (excludes halogenated alkanes) is 1. The number of ether oxygens (including phenoxy) is 2. The van der Waals surface area contributed by atoms with Crippen molar-refractivity contribution in [3.05, 3.63) is 137 Å². The first kappa shape index (κ1) is 62.8. The summed E-state index contributed by atoms with van der Waals surface area (Å²) >= 11 is 5.59. The third-order valence-corrected chi connectivity index (χ3v) is 9.23. The second kappa shape index (κ2) is 37.7. The van der Waals surface area contributed by atoms with Gasteiger partial charge in [-0.25, -0.2) is 14.6 Å². The Bertz CT molecular complexity index is 2110. The van der Waals surface area contributed by atoms with Crippen LogP contribution in [-0.2, 0) is 38.7 Å². The summed E-state index contributed by atoms with van der Waals surface area (Å²) in [6.45, 7) is 22.5. The number of Topliss-reactive ketones (excluding diaryl/α,β-unsaturated/α-hetero) is 1. The predicted octanol–water partition coefficient (Wildman–Crippen LogP) is 11.5. The van der Waals surface area contributed by atoms with Crippen molar-refractivity contribution in [2.45, 2.75) is 133 Å². The summed E-state index contributed by atoms with van der Waals surface area (Å²) in [5.41, 5.74) is 3.77. The molecule has 5 aromatic rings. The molecule has 4 amide bonds. The van der Waals surface area contributed by atoms with E-state index in [0.717, 1.165) is 30.4 Å². The summed E-state index contributed by atoms with van der Waals surface area (Å²) in [5.74, 6) is -1.40. The largest absolute Gasteiger partial charge is 0.445 e. The molecule has 2 heterocycles. The average Bonchev–Trinajstić information content (AvgIpc) is 4.06. The Morgan fingerprint density at radius 3 is 1.86 bits per heavy atom. The molecule has 0 aliphatic carbocycles. The number of benzene rings is 4. The maximum Gasteiger partial charge on any atom is 0.407 e. The Morgan fingerprint density at radius 2 is 1.32 bits per heavy atom. The maximum atomic E-state index is 12.6. The van der Waals surface area contributed by atoms with E-state index in [1.165, 1.54) is 10.5 Å². The molecule has 1 atom stereocenters. The van der Waals surface area contributed by atoms with Gasteiger partial charge >= 0.3 is 12.2 Å². The van der Waals surface area contributed by atoms with Crippen LogP contribution in [0.5, 0.6) is 0 Å². The fourth-order valence-corrected chi connectivity index (χ4v) is 5.82. The Morgan fingerprint density at radius 1 is 0.739 bits per heavy atom. The molecule has 6 rings (SSSR count). The van der Waals surface area contributed by atoms with Gasteiger partial charge in [0.2, 0.25) is 17.6 Å². The van der Waals surface area contributed by atoms with Gasteiger partial charge in [0.05, 0.1) is 13.2 Å². The number of para-hydroxylation sites is 2. The first-order valence-corrected chi connectivity index (χ1v) is 24.4. The monoisotopic (exact) mass is 976 g/mol. The Kier molecular flexibility index (Phi) is 34.3. The van der Waals surface area contributed by atoms with E-state index in [0.29, 0.717) is 42.1 Å². The van der Waals surface area contributed by atoms with Gasteiger partial charge in [0.15, 0.2) is 5.58 Å². The van der Waals surface area contributed by atoms with Crippen LogP contribution in [-0.4, -0.2) is 82.6 Å². The van der Waals surface area contributed by atoms with Crippen molar-refractivity contribution in [3.63, 3.8) is 0 Å². The first-order chi connectivity index (χ1) is 33.2. The van der Waals surface area contributed by atoms with Crippen LogP contribution < -0.4 is 16.0 Å². The van der Waals surface area contributed by atoms with Crippen LogP contribution in [0.25, 0.3) is 11.1 Å². The number of fused-ring (bicyclic) bond motifs is 1. The Balaban J connectivity index is 0.00000107. The van der Waals surface area contributed by atoms with E-state index in [9.17, 15) is 24.0 Å². The molecule has 1 aliphatic rings. The number of aromatic nitrogens is 1. The second-order valence-electron chi connectivity index (χ2n) is 15.2. The van der Waals surface area contributed by atoms with E-state index < -0.39 is 35.3 Å². The third kappa shape index (κ3) is 27.4. The predicted molar refractivity (Wildman–Crippen MR) is 277 cm³/mol. The average molecular weight is 977 g/mol. The van der Waals surface area contributed by atoms with Gasteiger partial charge in [-0.1, -0.05) is 158 Å². The maximum absolute atomic E-state index is 12.6. The zero-order chi connectivity index (χ0) is 52.0. The standard InChI is InChI=1S/C24H24N4O6.C9H19NO2.C8H10.C7H7ClO.3C2H6/c29-19(23-27-17-9-4-5-11-20(17)34-23)13-25-22(31)18-10-6-12-28(18)21(30)14-26-24(32)33-15-16-7-2-1-3-8-16;1-5-6-7-10-8(11)12-9(2,3)4;1-2-8-6-4-3-5-7-8;8-7-3-1-6(5-9)2-4-7;3*1-2/h1-5,7-9,11,18H,6,10,12-15H2,(H,25,31)(H,26,32);5-7H2,1-4H3,(H,10,11);3-7H,2H2,1H3;1-4,9H,5H2;3*1-2H3. The van der Waals surface area contributed by atoms with Crippen LogP contribution >= 0.6 is 11.6 Å². The number of aliphatic hydroxyl groups is 1. The summed E-state index contributed by atoms with van der Waals surface area (Å²) in [4.78, 5) is 66.0. The minimum absolute atomic E-state index is 0.0805. The molecule has 1 aliphatic heterocycles. The number of halogens is 1. The first-order valence-electron chi connectivity index (χ1n) is 24.0. The smallest absolute Gasteiger partial charge is 0.407 e. The zero-order valence-electron chi connectivity index (χ0n) is 42.7. The number of alkyl carbamates (subject to hydrolysis) is 2. The van der Waals surface area contributed by atoms with E-state index in [-0.39, 0.29) is 38.3 Å². The van der Waals surface area contributed by atoms with Gasteiger partial charge in [-0.2, -0.15) is 0 Å². The van der Waals surface area contributed by atoms with E-state index in [4.69, 9.17) is 30.6 Å². The van der Waals surface area contributed by atoms with Crippen LogP contribution in [0.4, 0.5) is 9.59 Å². The van der Waals surface area contributed by atoms with Crippen molar-refractivity contribution in [2.24, 2.45) is 0 Å². The number of nitrogens with one attached hydrogen (secondary N) is 3. The van der Waals surface area contributed by atoms with E-state index >= 15 is 0 Å². The Hall–Kier alpha value is -6.25. The number of hydrogen-bond donors (Lipinski definition) is 4. The van der Waals surface area contributed by atoms with Crippen molar-refractivity contribution in [1.82, 2.24) is 25.8 Å². The number of amides is 4. The van der Waals surface area contributed by atoms with Gasteiger partial charge in [0.1, 0.15) is 30.3 Å². The molecule has 1 aromatic heterocycles. The van der Waals surface area contributed by atoms with Crippen molar-refractivity contribution >= 4 is 52.5 Å². The normalized spacial score (nSPS) is 12.0. The van der Waals surface area contributed by atoms with Crippen molar-refractivity contribution in [3.8, 4) is 0 Å². The van der Waals surface area contributed by atoms with Gasteiger partial charge < -0.3 is 39.8 Å². The Labute approximate surface area is 415 Å². The summed E-state index contributed by atoms with van der Waals surface area (Å²) in [6.07, 6.45) is 3.28. The number of aliphatic hydroxyl groups excluding tert-OH is 1. The number of rotatable bonds is 13. The number of oxazole rings is 1. The lowest BCUT2D eigenvalue weighted by Crippen LogP contribution is -2.49. The molecule has 4 aromatic carbocycles. The molecule has 1 saturated heterocycles. The van der Waals surface area contributed by atoms with Crippen LogP contribution in [0.1, 0.15) is 129 Å². The summed E-state index contributed by atoms with van der Waals surface area (Å²) in [5, 5.41) is 16.9. The molecule has 1 unspecified atom stereocenters. The highest BCUT2D eigenvalue weighted by atomic mass is 35.5. The number of ketones is 1. The van der Waals surface area contributed by atoms with E-state index in [1.807, 2.05) is 98.7 Å². The second-order valence-corrected chi connectivity index (χ2v) is 15.6. The van der Waals surface area contributed by atoms with E-state index in [2.05, 4.69) is 59.0 Å². The van der Waals surface area contributed by atoms with Crippen LogP contribution in [0.3, 0.4) is 0 Å². The molecule has 15 heteroatoms. The summed E-state index contributed by atoms with van der Waals surface area (Å²) in [7, 11) is 0. The van der Waals surface area contributed by atoms with Gasteiger partial charge in [0, 0.05) is 18.1 Å². The summed E-state index contributed by atoms with van der Waals surface area (Å²) in [6, 6.07) is 33.0. The molecular formula is C54H78ClN5O9. The fourth-order valence-electron chi connectivity index (χ4n) is 5.70. The highest BCUT2D eigenvalue weighted by Crippen LogP contribution is 2.18. The number of likely N-dealkylation sites (tertiary alicyclic amines) is 1. The number of hydrogen-bond acceptors (Lipinski definition) is 10. The van der Waals surface area contributed by atoms with E-state index in [1.54, 1.807) is 48.5 Å². The molecule has 14 nitrogen and oxygen atoms in total. The van der Waals surface area contributed by atoms with Gasteiger partial charge in [-0.05, 0) is 87.4 Å². The van der Waals surface area contributed by atoms with Crippen LogP contribution in [0, 0.1) is 0 Å². The molecule has 0 bridgehead atoms. The molecule has 380 valence electrons. The molecule has 4 N–H and O–H groups in total. The fraction of sp³-hybridized carbons (Fsp3) is 0.444. The molecule has 0 saturated carbocycles. The lowest BCUT2D eigenvalue weighted by atomic mass is 10.2. The molecular weight excluding hydrogens is 898 g/mol. The summed E-state index contributed by atoms with van der Waals surface area (Å²) < 4.78 is 15.5. The van der Waals surface area contributed by atoms with Crippen LogP contribution in [0.2, 0.25) is 5.02 Å². The lowest BCUT2D eigenvalue weighted by molar-refractivity contribution is -0.137. The van der Waals surface area contributed by atoms with Crippen LogP contribution in [0.15, 0.2) is 114 Å². The highest BCUT2D eigenvalue weighted by molar-refractivity contribution is 6.30. The number of nitrogens with zero attached hydrogens (tertiary/aromatic N) is 2. The lowest BCUT2D eigenvalue weighted by Gasteiger charge is -2.23. The minimum Gasteiger partial charge on any atom is -0.445 e. The molecule has 0 spiro atoms. The molecule has 1 fully saturated rings. The molecule has 0 radical (unpaired) electrons. The topological polar surface area (TPSA) is 189 Å². The minimum atomic E-state index is -0.721. The quantitative estimate of drug-likeness (QED) is 0.0652. The van der Waals surface area contributed by atoms with Gasteiger partial charge in [-0.3, -0.25) is 14.4 Å². The molecule has 69 heavy (non-hydrogen) atoms. The third-order valence-electron chi connectivity index (χ3n) is 8.97. The van der Waals surface area contributed by atoms with Gasteiger partial charge in [-0.15, -0.1) is 0 Å².